The summed E-state index contributed by atoms with van der Waals surface area (Å²) >= 11 is 0. The van der Waals surface area contributed by atoms with Gasteiger partial charge in [-0.05, 0) is 50.1 Å². The number of hydrogen-bond acceptors (Lipinski definition) is 3. The summed E-state index contributed by atoms with van der Waals surface area (Å²) in [5.41, 5.74) is 4.61. The van der Waals surface area contributed by atoms with E-state index in [-0.39, 0.29) is 5.91 Å². The third-order valence-corrected chi connectivity index (χ3v) is 4.53. The van der Waals surface area contributed by atoms with Crippen LogP contribution in [0, 0.1) is 13.8 Å². The molecule has 4 heteroatoms. The average Bonchev–Trinajstić information content (AvgIpc) is 2.60. The molecule has 0 aliphatic carbocycles. The number of rotatable bonds is 8. The molecule has 2 aromatic carbocycles. The van der Waals surface area contributed by atoms with Crippen LogP contribution in [0.3, 0.4) is 0 Å². The van der Waals surface area contributed by atoms with Crippen molar-refractivity contribution >= 4 is 5.91 Å². The molecule has 4 nitrogen and oxygen atoms in total. The normalized spacial score (nSPS) is 10.8. The predicted octanol–water partition coefficient (Wildman–Crippen LogP) is 3.79. The maximum Gasteiger partial charge on any atom is 0.237 e. The molecule has 2 rings (SSSR count). The van der Waals surface area contributed by atoms with Crippen molar-refractivity contribution in [2.75, 3.05) is 27.2 Å². The Morgan fingerprint density at radius 2 is 1.62 bits per heavy atom. The van der Waals surface area contributed by atoms with Crippen molar-refractivity contribution in [3.05, 3.63) is 64.7 Å². The van der Waals surface area contributed by atoms with Crippen molar-refractivity contribution in [3.63, 3.8) is 0 Å². The molecule has 0 fully saturated rings. The Kier molecular flexibility index (Phi) is 7.22. The summed E-state index contributed by atoms with van der Waals surface area (Å²) in [5, 5.41) is 0. The monoisotopic (exact) mass is 354 g/mol. The zero-order valence-corrected chi connectivity index (χ0v) is 16.6. The van der Waals surface area contributed by atoms with Gasteiger partial charge in [0, 0.05) is 19.6 Å². The first-order valence-electron chi connectivity index (χ1n) is 9.09. The average molecular weight is 354 g/mol. The van der Waals surface area contributed by atoms with Gasteiger partial charge in [0.1, 0.15) is 5.75 Å². The summed E-state index contributed by atoms with van der Waals surface area (Å²) in [6, 6.07) is 14.4. The van der Waals surface area contributed by atoms with E-state index in [4.69, 9.17) is 4.74 Å². The molecule has 26 heavy (non-hydrogen) atoms. The molecule has 0 radical (unpaired) electrons. The van der Waals surface area contributed by atoms with Gasteiger partial charge in [0.15, 0.2) is 0 Å². The number of methoxy groups -OCH3 is 1. The van der Waals surface area contributed by atoms with Crippen molar-refractivity contribution in [2.45, 2.75) is 33.9 Å². The number of hydrogen-bond donors (Lipinski definition) is 0. The van der Waals surface area contributed by atoms with E-state index in [0.717, 1.165) is 29.0 Å². The Bertz CT molecular complexity index is 705. The molecule has 0 atom stereocenters. The van der Waals surface area contributed by atoms with Gasteiger partial charge in [-0.3, -0.25) is 9.69 Å². The van der Waals surface area contributed by atoms with Crippen LogP contribution in [0.15, 0.2) is 42.5 Å². The van der Waals surface area contributed by atoms with Gasteiger partial charge < -0.3 is 9.64 Å². The van der Waals surface area contributed by atoms with Gasteiger partial charge in [-0.25, -0.2) is 0 Å². The number of carbonyl (C=O) groups excluding carboxylic acids is 1. The van der Waals surface area contributed by atoms with Gasteiger partial charge in [0.05, 0.1) is 13.7 Å². The second-order valence-electron chi connectivity index (χ2n) is 6.83. The third kappa shape index (κ3) is 5.33. The van der Waals surface area contributed by atoms with E-state index in [2.05, 4.69) is 43.0 Å². The standard InChI is InChI=1S/C22H30N2O2/c1-6-24(15-19-10-8-7-9-11-19)21(25)16-23(4)14-20-12-17(2)22(26-5)18(3)13-20/h7-13H,6,14-16H2,1-5H3. The smallest absolute Gasteiger partial charge is 0.237 e. The number of likely N-dealkylation sites (N-methyl/N-ethyl adjacent to an activating group) is 2. The highest BCUT2D eigenvalue weighted by Crippen LogP contribution is 2.24. The van der Waals surface area contributed by atoms with Crippen LogP contribution < -0.4 is 4.74 Å². The molecule has 0 saturated carbocycles. The Labute approximate surface area is 157 Å². The summed E-state index contributed by atoms with van der Waals surface area (Å²) in [6.45, 7) is 8.65. The van der Waals surface area contributed by atoms with E-state index in [1.165, 1.54) is 5.56 Å². The summed E-state index contributed by atoms with van der Waals surface area (Å²) in [5.74, 6) is 1.09. The van der Waals surface area contributed by atoms with Crippen LogP contribution in [-0.4, -0.2) is 43.0 Å². The zero-order valence-electron chi connectivity index (χ0n) is 16.6. The van der Waals surface area contributed by atoms with E-state index >= 15 is 0 Å². The van der Waals surface area contributed by atoms with Crippen molar-refractivity contribution in [1.82, 2.24) is 9.80 Å². The Hall–Kier alpha value is -2.33. The topological polar surface area (TPSA) is 32.8 Å². The molecule has 0 bridgehead atoms. The van der Waals surface area contributed by atoms with E-state index in [1.54, 1.807) is 7.11 Å². The van der Waals surface area contributed by atoms with Crippen molar-refractivity contribution in [2.24, 2.45) is 0 Å². The van der Waals surface area contributed by atoms with E-state index in [9.17, 15) is 4.79 Å². The van der Waals surface area contributed by atoms with Crippen LogP contribution >= 0.6 is 0 Å². The Balaban J connectivity index is 1.97. The molecular weight excluding hydrogens is 324 g/mol. The van der Waals surface area contributed by atoms with Gasteiger partial charge in [-0.2, -0.15) is 0 Å². The quantitative estimate of drug-likeness (QED) is 0.723. The van der Waals surface area contributed by atoms with Crippen LogP contribution in [0.2, 0.25) is 0 Å². The lowest BCUT2D eigenvalue weighted by Gasteiger charge is -2.25. The van der Waals surface area contributed by atoms with Gasteiger partial charge in [-0.15, -0.1) is 0 Å². The lowest BCUT2D eigenvalue weighted by atomic mass is 10.1. The molecule has 0 saturated heterocycles. The maximum atomic E-state index is 12.7. The van der Waals surface area contributed by atoms with Gasteiger partial charge >= 0.3 is 0 Å². The van der Waals surface area contributed by atoms with Gasteiger partial charge in [0.2, 0.25) is 5.91 Å². The first-order valence-corrected chi connectivity index (χ1v) is 9.09. The van der Waals surface area contributed by atoms with Gasteiger partial charge in [-0.1, -0.05) is 42.5 Å². The number of amides is 1. The number of benzene rings is 2. The highest BCUT2D eigenvalue weighted by Gasteiger charge is 2.15. The van der Waals surface area contributed by atoms with Crippen molar-refractivity contribution in [3.8, 4) is 5.75 Å². The molecule has 0 heterocycles. The SMILES string of the molecule is CCN(Cc1ccccc1)C(=O)CN(C)Cc1cc(C)c(OC)c(C)c1. The minimum absolute atomic E-state index is 0.154. The maximum absolute atomic E-state index is 12.7. The predicted molar refractivity (Wildman–Crippen MR) is 106 cm³/mol. The molecule has 0 unspecified atom stereocenters. The summed E-state index contributed by atoms with van der Waals surface area (Å²) < 4.78 is 5.43. The molecule has 0 aromatic heterocycles. The summed E-state index contributed by atoms with van der Waals surface area (Å²) in [4.78, 5) is 16.6. The fourth-order valence-electron chi connectivity index (χ4n) is 3.33. The summed E-state index contributed by atoms with van der Waals surface area (Å²) in [6.07, 6.45) is 0. The molecule has 140 valence electrons. The van der Waals surface area contributed by atoms with E-state index in [1.807, 2.05) is 37.1 Å². The highest BCUT2D eigenvalue weighted by molar-refractivity contribution is 5.78. The van der Waals surface area contributed by atoms with E-state index in [0.29, 0.717) is 19.6 Å². The van der Waals surface area contributed by atoms with Crippen LogP contribution in [0.25, 0.3) is 0 Å². The molecule has 0 N–H and O–H groups in total. The number of ether oxygens (including phenoxy) is 1. The molecule has 0 aliphatic rings. The second kappa shape index (κ2) is 9.39. The molecule has 1 amide bonds. The van der Waals surface area contributed by atoms with Crippen LogP contribution in [0.1, 0.15) is 29.2 Å². The number of carbonyl (C=O) groups is 1. The first kappa shape index (κ1) is 20.0. The number of nitrogens with zero attached hydrogens (tertiary/aromatic N) is 2. The van der Waals surface area contributed by atoms with Crippen molar-refractivity contribution in [1.29, 1.82) is 0 Å². The van der Waals surface area contributed by atoms with E-state index < -0.39 is 0 Å². The fourth-order valence-corrected chi connectivity index (χ4v) is 3.33. The lowest BCUT2D eigenvalue weighted by molar-refractivity contribution is -0.132. The Morgan fingerprint density at radius 1 is 1.00 bits per heavy atom. The number of aryl methyl sites for hydroxylation is 2. The molecule has 0 aliphatic heterocycles. The van der Waals surface area contributed by atoms with Crippen LogP contribution in [0.5, 0.6) is 5.75 Å². The second-order valence-corrected chi connectivity index (χ2v) is 6.83. The minimum Gasteiger partial charge on any atom is -0.496 e. The van der Waals surface area contributed by atoms with Gasteiger partial charge in [0.25, 0.3) is 0 Å². The summed E-state index contributed by atoms with van der Waals surface area (Å²) in [7, 11) is 3.69. The van der Waals surface area contributed by atoms with Crippen LogP contribution in [0.4, 0.5) is 0 Å². The highest BCUT2D eigenvalue weighted by atomic mass is 16.5. The third-order valence-electron chi connectivity index (χ3n) is 4.53. The molecule has 2 aromatic rings. The largest absolute Gasteiger partial charge is 0.496 e. The van der Waals surface area contributed by atoms with Crippen molar-refractivity contribution < 1.29 is 9.53 Å². The fraction of sp³-hybridized carbons (Fsp3) is 0.409. The Morgan fingerprint density at radius 3 is 2.15 bits per heavy atom. The molecule has 0 spiro atoms. The molecular formula is C22H30N2O2. The zero-order chi connectivity index (χ0) is 19.1. The minimum atomic E-state index is 0.154. The van der Waals surface area contributed by atoms with Crippen LogP contribution in [-0.2, 0) is 17.9 Å². The lowest BCUT2D eigenvalue weighted by Crippen LogP contribution is -2.38. The first-order chi connectivity index (χ1) is 12.4.